The van der Waals surface area contributed by atoms with Crippen LogP contribution in [0.25, 0.3) is 0 Å². The summed E-state index contributed by atoms with van der Waals surface area (Å²) in [6.45, 7) is 2.05. The number of urea groups is 1. The first-order valence-electron chi connectivity index (χ1n) is 5.32. The Labute approximate surface area is 102 Å². The summed E-state index contributed by atoms with van der Waals surface area (Å²) in [5.74, 6) is -0.218. The second kappa shape index (κ2) is 4.66. The van der Waals surface area contributed by atoms with Crippen LogP contribution in [0.2, 0.25) is 0 Å². The van der Waals surface area contributed by atoms with Crippen molar-refractivity contribution in [2.24, 2.45) is 0 Å². The Morgan fingerprint density at radius 1 is 1.53 bits per heavy atom. The van der Waals surface area contributed by atoms with Crippen LogP contribution in [-0.4, -0.2) is 32.5 Å². The molecule has 17 heavy (non-hydrogen) atoms. The minimum Gasteiger partial charge on any atom is -0.388 e. The average Bonchev–Trinajstić information content (AvgIpc) is 2.79. The monoisotopic (exact) mass is 255 g/mol. The lowest BCUT2D eigenvalue weighted by atomic mass is 10.2. The number of amides is 3. The normalized spacial score (nSPS) is 19.8. The first-order valence-corrected chi connectivity index (χ1v) is 6.09. The van der Waals surface area contributed by atoms with Gasteiger partial charge in [0.25, 0.3) is 5.91 Å². The highest BCUT2D eigenvalue weighted by molar-refractivity contribution is 7.09. The number of rotatable bonds is 4. The molecule has 0 saturated carbocycles. The van der Waals surface area contributed by atoms with Crippen molar-refractivity contribution < 1.29 is 9.59 Å². The lowest BCUT2D eigenvalue weighted by Crippen LogP contribution is -2.31. The van der Waals surface area contributed by atoms with Gasteiger partial charge < -0.3 is 11.1 Å². The minimum absolute atomic E-state index is 0.0905. The largest absolute Gasteiger partial charge is 0.388 e. The van der Waals surface area contributed by atoms with E-state index in [0.717, 1.165) is 22.9 Å². The lowest BCUT2D eigenvalue weighted by Gasteiger charge is -2.10. The van der Waals surface area contributed by atoms with Gasteiger partial charge in [0.1, 0.15) is 16.7 Å². The second-order valence-corrected chi connectivity index (χ2v) is 4.58. The number of hydrogen-bond acceptors (Lipinski definition) is 6. The van der Waals surface area contributed by atoms with Crippen LogP contribution in [0, 0.1) is 0 Å². The van der Waals surface area contributed by atoms with Crippen LogP contribution in [0.5, 0.6) is 0 Å². The summed E-state index contributed by atoms with van der Waals surface area (Å²) in [6, 6.07) is -0.804. The van der Waals surface area contributed by atoms with Crippen LogP contribution in [0.3, 0.4) is 0 Å². The third-order valence-corrected chi connectivity index (χ3v) is 3.17. The zero-order valence-electron chi connectivity index (χ0n) is 9.34. The summed E-state index contributed by atoms with van der Waals surface area (Å²) < 4.78 is 3.67. The van der Waals surface area contributed by atoms with Gasteiger partial charge in [0.05, 0.1) is 6.54 Å². The van der Waals surface area contributed by atoms with Crippen molar-refractivity contribution in [2.75, 3.05) is 5.73 Å². The molecule has 0 spiro atoms. The van der Waals surface area contributed by atoms with Gasteiger partial charge >= 0.3 is 6.03 Å². The molecule has 0 aliphatic carbocycles. The molecule has 3 amide bonds. The zero-order chi connectivity index (χ0) is 12.4. The fourth-order valence-corrected chi connectivity index (χ4v) is 2.12. The second-order valence-electron chi connectivity index (χ2n) is 3.80. The van der Waals surface area contributed by atoms with Crippen LogP contribution >= 0.6 is 11.5 Å². The minimum atomic E-state index is -0.416. The fraction of sp³-hybridized carbons (Fsp3) is 0.556. The molecule has 8 heteroatoms. The smallest absolute Gasteiger partial charge is 0.325 e. The van der Waals surface area contributed by atoms with E-state index in [1.54, 1.807) is 0 Å². The van der Waals surface area contributed by atoms with Crippen molar-refractivity contribution in [3.8, 4) is 0 Å². The Morgan fingerprint density at radius 2 is 2.29 bits per heavy atom. The Hall–Kier alpha value is -1.70. The van der Waals surface area contributed by atoms with Crippen LogP contribution < -0.4 is 11.1 Å². The van der Waals surface area contributed by atoms with E-state index >= 15 is 0 Å². The Kier molecular flexibility index (Phi) is 3.23. The van der Waals surface area contributed by atoms with Crippen molar-refractivity contribution >= 4 is 28.5 Å². The number of nitrogens with one attached hydrogen (secondary N) is 1. The van der Waals surface area contributed by atoms with Gasteiger partial charge in [-0.3, -0.25) is 9.69 Å². The predicted octanol–water partition coefficient (Wildman–Crippen LogP) is 0.341. The Morgan fingerprint density at radius 3 is 2.88 bits per heavy atom. The molecule has 1 unspecified atom stereocenters. The summed E-state index contributed by atoms with van der Waals surface area (Å²) in [5, 5.41) is 6.86. The molecule has 1 aromatic rings. The summed E-state index contributed by atoms with van der Waals surface area (Å²) in [4.78, 5) is 24.6. The van der Waals surface area contributed by atoms with Crippen molar-refractivity contribution in [3.05, 3.63) is 5.69 Å². The van der Waals surface area contributed by atoms with Gasteiger partial charge in [-0.2, -0.15) is 0 Å². The van der Waals surface area contributed by atoms with Gasteiger partial charge in [-0.1, -0.05) is 17.8 Å². The third-order valence-electron chi connectivity index (χ3n) is 2.58. The average molecular weight is 255 g/mol. The Balaban J connectivity index is 2.09. The van der Waals surface area contributed by atoms with Crippen molar-refractivity contribution in [2.45, 2.75) is 32.4 Å². The Bertz CT molecular complexity index is 446. The van der Waals surface area contributed by atoms with Gasteiger partial charge in [0.2, 0.25) is 0 Å². The topological polar surface area (TPSA) is 101 Å². The first-order chi connectivity index (χ1) is 8.13. The van der Waals surface area contributed by atoms with Crippen LogP contribution in [0.15, 0.2) is 0 Å². The quantitative estimate of drug-likeness (QED) is 0.755. The molecule has 3 N–H and O–H groups in total. The number of carbonyl (C=O) groups excluding carboxylic acids is 2. The molecule has 2 rings (SSSR count). The van der Waals surface area contributed by atoms with E-state index in [4.69, 9.17) is 5.73 Å². The highest BCUT2D eigenvalue weighted by Gasteiger charge is 2.37. The first kappa shape index (κ1) is 11.8. The van der Waals surface area contributed by atoms with Crippen molar-refractivity contribution in [3.63, 3.8) is 0 Å². The number of aromatic nitrogens is 2. The molecule has 1 atom stereocenters. The van der Waals surface area contributed by atoms with E-state index in [1.807, 2.05) is 6.92 Å². The van der Waals surface area contributed by atoms with Gasteiger partial charge in [0.15, 0.2) is 0 Å². The molecule has 1 saturated heterocycles. The van der Waals surface area contributed by atoms with E-state index < -0.39 is 6.04 Å². The number of imide groups is 1. The van der Waals surface area contributed by atoms with Gasteiger partial charge in [-0.25, -0.2) is 4.79 Å². The molecule has 1 aromatic heterocycles. The summed E-state index contributed by atoms with van der Waals surface area (Å²) in [6.07, 6.45) is 1.48. The van der Waals surface area contributed by atoms with Gasteiger partial charge in [-0.05, 0) is 6.42 Å². The highest BCUT2D eigenvalue weighted by Crippen LogP contribution is 2.18. The van der Waals surface area contributed by atoms with Crippen LogP contribution in [0.4, 0.5) is 9.80 Å². The molecule has 1 aliphatic heterocycles. The standard InChI is InChI=1S/C9H13N5O2S/c1-2-3-5-8(15)14(9(16)11-5)4-6-7(10)17-13-12-6/h5H,2-4,10H2,1H3,(H,11,16). The number of nitrogens with two attached hydrogens (primary N) is 1. The molecule has 92 valence electrons. The third kappa shape index (κ3) is 2.21. The molecule has 0 bridgehead atoms. The maximum Gasteiger partial charge on any atom is 0.325 e. The number of anilines is 1. The predicted molar refractivity (Wildman–Crippen MR) is 62.1 cm³/mol. The molecular formula is C9H13N5O2S. The molecule has 0 aromatic carbocycles. The highest BCUT2D eigenvalue weighted by atomic mass is 32.1. The molecule has 7 nitrogen and oxygen atoms in total. The van der Waals surface area contributed by atoms with Gasteiger partial charge in [-0.15, -0.1) is 5.10 Å². The van der Waals surface area contributed by atoms with E-state index in [1.165, 1.54) is 0 Å². The maximum absolute atomic E-state index is 11.9. The molecule has 2 heterocycles. The summed E-state index contributed by atoms with van der Waals surface area (Å²) in [5.41, 5.74) is 6.09. The summed E-state index contributed by atoms with van der Waals surface area (Å²) in [7, 11) is 0. The SMILES string of the molecule is CCCC1NC(=O)N(Cc2nnsc2N)C1=O. The molecule has 1 fully saturated rings. The van der Waals surface area contributed by atoms with Gasteiger partial charge in [0, 0.05) is 11.5 Å². The molecule has 0 radical (unpaired) electrons. The molecule has 1 aliphatic rings. The van der Waals surface area contributed by atoms with E-state index in [0.29, 0.717) is 17.1 Å². The number of nitrogens with zero attached hydrogens (tertiary/aromatic N) is 3. The van der Waals surface area contributed by atoms with Crippen molar-refractivity contribution in [1.29, 1.82) is 0 Å². The fourth-order valence-electron chi connectivity index (χ4n) is 1.69. The van der Waals surface area contributed by atoms with Crippen LogP contribution in [-0.2, 0) is 11.3 Å². The van der Waals surface area contributed by atoms with E-state index in [2.05, 4.69) is 14.9 Å². The molecular weight excluding hydrogens is 242 g/mol. The van der Waals surface area contributed by atoms with E-state index in [-0.39, 0.29) is 18.5 Å². The number of carbonyl (C=O) groups is 2. The summed E-state index contributed by atoms with van der Waals surface area (Å²) >= 11 is 1.05. The number of nitrogen functional groups attached to an aromatic ring is 1. The van der Waals surface area contributed by atoms with Crippen LogP contribution in [0.1, 0.15) is 25.5 Å². The number of hydrogen-bond donors (Lipinski definition) is 2. The maximum atomic E-state index is 11.9. The van der Waals surface area contributed by atoms with E-state index in [9.17, 15) is 9.59 Å². The zero-order valence-corrected chi connectivity index (χ0v) is 10.2. The lowest BCUT2D eigenvalue weighted by molar-refractivity contribution is -0.128. The van der Waals surface area contributed by atoms with Crippen molar-refractivity contribution in [1.82, 2.24) is 19.8 Å².